The summed E-state index contributed by atoms with van der Waals surface area (Å²) in [6, 6.07) is 8.15. The summed E-state index contributed by atoms with van der Waals surface area (Å²) in [5, 5.41) is 0. The van der Waals surface area contributed by atoms with E-state index in [-0.39, 0.29) is 5.78 Å². The molecule has 0 atom stereocenters. The average Bonchev–Trinajstić information content (AvgIpc) is 2.57. The van der Waals surface area contributed by atoms with Crippen LogP contribution in [0.2, 0.25) is 0 Å². The molecule has 2 nitrogen and oxygen atoms in total. The molecule has 0 amide bonds. The Labute approximate surface area is 82.2 Å². The first kappa shape index (κ1) is 7.80. The van der Waals surface area contributed by atoms with Gasteiger partial charge in [-0.1, -0.05) is 6.07 Å². The van der Waals surface area contributed by atoms with Crippen molar-refractivity contribution in [3.8, 4) is 0 Å². The molecule has 1 aliphatic rings. The van der Waals surface area contributed by atoms with Gasteiger partial charge in [0.05, 0.1) is 5.69 Å². The van der Waals surface area contributed by atoms with Crippen LogP contribution in [0.3, 0.4) is 0 Å². The number of fused-ring (bicyclic) bond motifs is 3. The quantitative estimate of drug-likeness (QED) is 0.617. The number of hydrogen-bond donors (Lipinski definition) is 0. The van der Waals surface area contributed by atoms with Crippen molar-refractivity contribution in [3.05, 3.63) is 41.7 Å². The molecule has 0 aliphatic heterocycles. The van der Waals surface area contributed by atoms with Crippen LogP contribution in [0.1, 0.15) is 28.9 Å². The van der Waals surface area contributed by atoms with Gasteiger partial charge in [-0.2, -0.15) is 0 Å². The molecule has 70 valence electrons. The van der Waals surface area contributed by atoms with Gasteiger partial charge in [0.1, 0.15) is 0 Å². The fourth-order valence-electron chi connectivity index (χ4n) is 2.24. The molecule has 0 saturated carbocycles. The molecule has 1 aliphatic carbocycles. The number of hydrogen-bond acceptors (Lipinski definition) is 1. The Hall–Kier alpha value is -1.57. The van der Waals surface area contributed by atoms with Gasteiger partial charge in [0.2, 0.25) is 0 Å². The minimum Gasteiger partial charge on any atom is -0.314 e. The second kappa shape index (κ2) is 2.71. The minimum absolute atomic E-state index is 0.289. The summed E-state index contributed by atoms with van der Waals surface area (Å²) < 4.78 is 2.01. The largest absolute Gasteiger partial charge is 0.314 e. The van der Waals surface area contributed by atoms with Crippen LogP contribution in [0.15, 0.2) is 30.5 Å². The highest BCUT2D eigenvalue weighted by Gasteiger charge is 2.20. The van der Waals surface area contributed by atoms with Crippen molar-refractivity contribution < 1.29 is 4.79 Å². The van der Waals surface area contributed by atoms with Gasteiger partial charge in [0, 0.05) is 18.1 Å². The molecular formula is C12H11NO. The molecular weight excluding hydrogens is 174 g/mol. The van der Waals surface area contributed by atoms with E-state index in [2.05, 4.69) is 6.07 Å². The van der Waals surface area contributed by atoms with E-state index in [1.54, 1.807) is 0 Å². The maximum absolute atomic E-state index is 11.7. The summed E-state index contributed by atoms with van der Waals surface area (Å²) in [4.78, 5) is 11.7. The molecule has 2 heteroatoms. The van der Waals surface area contributed by atoms with E-state index in [0.717, 1.165) is 24.1 Å². The number of aryl methyl sites for hydroxylation is 1. The van der Waals surface area contributed by atoms with Gasteiger partial charge in [-0.05, 0) is 36.6 Å². The van der Waals surface area contributed by atoms with Crippen molar-refractivity contribution in [1.29, 1.82) is 0 Å². The zero-order valence-corrected chi connectivity index (χ0v) is 7.86. The van der Waals surface area contributed by atoms with Gasteiger partial charge in [-0.25, -0.2) is 0 Å². The van der Waals surface area contributed by atoms with Crippen LogP contribution in [0.4, 0.5) is 0 Å². The van der Waals surface area contributed by atoms with Crippen LogP contribution in [0.25, 0.3) is 5.52 Å². The number of rotatable bonds is 0. The highest BCUT2D eigenvalue weighted by atomic mass is 16.1. The Kier molecular flexibility index (Phi) is 1.51. The topological polar surface area (TPSA) is 21.5 Å². The smallest absolute Gasteiger partial charge is 0.179 e. The third-order valence-electron chi connectivity index (χ3n) is 2.87. The summed E-state index contributed by atoms with van der Waals surface area (Å²) in [6.45, 7) is 0. The van der Waals surface area contributed by atoms with Crippen molar-refractivity contribution in [1.82, 2.24) is 4.40 Å². The number of pyridine rings is 1. The second-order valence-corrected chi connectivity index (χ2v) is 3.79. The van der Waals surface area contributed by atoms with Crippen molar-refractivity contribution in [2.45, 2.75) is 19.3 Å². The fraction of sp³-hybridized carbons (Fsp3) is 0.250. The number of ketones is 1. The van der Waals surface area contributed by atoms with Crippen molar-refractivity contribution in [3.63, 3.8) is 0 Å². The van der Waals surface area contributed by atoms with E-state index < -0.39 is 0 Å². The summed E-state index contributed by atoms with van der Waals surface area (Å²) in [7, 11) is 0. The number of carbonyl (C=O) groups excluding carboxylic acids is 1. The van der Waals surface area contributed by atoms with E-state index in [0.29, 0.717) is 6.42 Å². The lowest BCUT2D eigenvalue weighted by atomic mass is 9.97. The van der Waals surface area contributed by atoms with Gasteiger partial charge < -0.3 is 4.40 Å². The van der Waals surface area contributed by atoms with E-state index in [4.69, 9.17) is 0 Å². The standard InChI is InChI=1S/C12H11NO/c14-11-6-3-4-9-8-10-5-1-2-7-13(10)12(9)11/h1-2,5,7-8H,3-4,6H2. The lowest BCUT2D eigenvalue weighted by molar-refractivity contribution is 0.0966. The third kappa shape index (κ3) is 0.939. The zero-order chi connectivity index (χ0) is 9.54. The van der Waals surface area contributed by atoms with Crippen LogP contribution in [-0.4, -0.2) is 10.2 Å². The Morgan fingerprint density at radius 3 is 3.07 bits per heavy atom. The van der Waals surface area contributed by atoms with Crippen molar-refractivity contribution >= 4 is 11.3 Å². The highest BCUT2D eigenvalue weighted by molar-refractivity contribution is 5.98. The Balaban J connectivity index is 2.39. The average molecular weight is 185 g/mol. The predicted molar refractivity (Wildman–Crippen MR) is 54.7 cm³/mol. The lowest BCUT2D eigenvalue weighted by Crippen LogP contribution is -2.11. The first-order valence-electron chi connectivity index (χ1n) is 4.98. The van der Waals surface area contributed by atoms with Gasteiger partial charge >= 0.3 is 0 Å². The molecule has 0 spiro atoms. The molecule has 0 unspecified atom stereocenters. The predicted octanol–water partition coefficient (Wildman–Crippen LogP) is 2.46. The van der Waals surface area contributed by atoms with Gasteiger partial charge in [-0.15, -0.1) is 0 Å². The SMILES string of the molecule is O=C1CCCc2cc3ccccn3c21. The Bertz CT molecular complexity index is 510. The molecule has 0 radical (unpaired) electrons. The first-order chi connectivity index (χ1) is 6.86. The summed E-state index contributed by atoms with van der Waals surface area (Å²) in [5.41, 5.74) is 3.26. The third-order valence-corrected chi connectivity index (χ3v) is 2.87. The number of aromatic nitrogens is 1. The number of carbonyl (C=O) groups is 1. The van der Waals surface area contributed by atoms with E-state index in [1.165, 1.54) is 5.56 Å². The molecule has 0 bridgehead atoms. The monoisotopic (exact) mass is 185 g/mol. The molecule has 0 aromatic carbocycles. The normalized spacial score (nSPS) is 15.9. The number of nitrogens with zero attached hydrogens (tertiary/aromatic N) is 1. The lowest BCUT2D eigenvalue weighted by Gasteiger charge is -2.10. The molecule has 2 aromatic heterocycles. The zero-order valence-electron chi connectivity index (χ0n) is 7.86. The minimum atomic E-state index is 0.289. The molecule has 2 heterocycles. The van der Waals surface area contributed by atoms with Crippen LogP contribution in [0, 0.1) is 0 Å². The van der Waals surface area contributed by atoms with E-state index in [9.17, 15) is 4.79 Å². The maximum Gasteiger partial charge on any atom is 0.179 e. The van der Waals surface area contributed by atoms with Crippen LogP contribution in [0.5, 0.6) is 0 Å². The van der Waals surface area contributed by atoms with Gasteiger partial charge in [0.25, 0.3) is 0 Å². The molecule has 0 saturated heterocycles. The van der Waals surface area contributed by atoms with E-state index in [1.807, 2.05) is 28.8 Å². The fourth-order valence-corrected chi connectivity index (χ4v) is 2.24. The van der Waals surface area contributed by atoms with Crippen LogP contribution >= 0.6 is 0 Å². The van der Waals surface area contributed by atoms with Crippen LogP contribution in [-0.2, 0) is 6.42 Å². The summed E-state index contributed by atoms with van der Waals surface area (Å²) in [6.07, 6.45) is 4.72. The highest BCUT2D eigenvalue weighted by Crippen LogP contribution is 2.24. The molecule has 2 aromatic rings. The molecule has 0 fully saturated rings. The summed E-state index contributed by atoms with van der Waals surface area (Å²) >= 11 is 0. The molecule has 14 heavy (non-hydrogen) atoms. The Morgan fingerprint density at radius 2 is 2.14 bits per heavy atom. The van der Waals surface area contributed by atoms with Crippen LogP contribution < -0.4 is 0 Å². The van der Waals surface area contributed by atoms with Gasteiger partial charge in [-0.3, -0.25) is 4.79 Å². The molecule has 0 N–H and O–H groups in total. The maximum atomic E-state index is 11.7. The van der Waals surface area contributed by atoms with Gasteiger partial charge in [0.15, 0.2) is 5.78 Å². The second-order valence-electron chi connectivity index (χ2n) is 3.79. The Morgan fingerprint density at radius 1 is 1.21 bits per heavy atom. The van der Waals surface area contributed by atoms with E-state index >= 15 is 0 Å². The van der Waals surface area contributed by atoms with Crippen molar-refractivity contribution in [2.75, 3.05) is 0 Å². The summed E-state index contributed by atoms with van der Waals surface area (Å²) in [5.74, 6) is 0.289. The first-order valence-corrected chi connectivity index (χ1v) is 4.98. The molecule has 3 rings (SSSR count). The number of Topliss-reactive ketones (excluding diaryl/α,β-unsaturated/α-hetero) is 1. The van der Waals surface area contributed by atoms with Crippen molar-refractivity contribution in [2.24, 2.45) is 0 Å².